The summed E-state index contributed by atoms with van der Waals surface area (Å²) in [5, 5.41) is 10.6. The monoisotopic (exact) mass is 448 g/mol. The largest absolute Gasteiger partial charge is 0.433 e. The molecule has 0 saturated carbocycles. The van der Waals surface area contributed by atoms with Gasteiger partial charge in [-0.1, -0.05) is 6.92 Å². The topological polar surface area (TPSA) is 77.1 Å². The zero-order valence-electron chi connectivity index (χ0n) is 16.8. The van der Waals surface area contributed by atoms with E-state index in [0.717, 1.165) is 22.9 Å². The van der Waals surface area contributed by atoms with E-state index in [1.54, 1.807) is 23.1 Å². The van der Waals surface area contributed by atoms with Crippen molar-refractivity contribution in [2.45, 2.75) is 39.5 Å². The number of halogens is 3. The summed E-state index contributed by atoms with van der Waals surface area (Å²) < 4.78 is 43.5. The number of thiophene rings is 1. The van der Waals surface area contributed by atoms with Gasteiger partial charge in [0.25, 0.3) is 5.91 Å². The molecule has 4 heterocycles. The molecule has 1 amide bonds. The van der Waals surface area contributed by atoms with Gasteiger partial charge in [0.15, 0.2) is 17.0 Å². The SMILES string of the molecule is CCc1ccc(-c2cc(C(F)(F)F)n3nc(C(=O)NCc4cnn(CC)c4)cc3n2)s1. The average molecular weight is 448 g/mol. The molecule has 0 unspecified atom stereocenters. The molecule has 7 nitrogen and oxygen atoms in total. The van der Waals surface area contributed by atoms with Crippen molar-refractivity contribution in [3.8, 4) is 10.6 Å². The minimum Gasteiger partial charge on any atom is -0.346 e. The molecule has 11 heteroatoms. The molecule has 4 aromatic rings. The Kier molecular flexibility index (Phi) is 5.52. The molecule has 0 aliphatic rings. The Hall–Kier alpha value is -3.21. The van der Waals surface area contributed by atoms with Crippen molar-refractivity contribution in [3.05, 3.63) is 58.5 Å². The van der Waals surface area contributed by atoms with Crippen molar-refractivity contribution in [1.82, 2.24) is 29.7 Å². The van der Waals surface area contributed by atoms with Gasteiger partial charge < -0.3 is 5.32 Å². The Morgan fingerprint density at radius 2 is 2.03 bits per heavy atom. The fourth-order valence-corrected chi connectivity index (χ4v) is 3.97. The molecule has 0 bridgehead atoms. The van der Waals surface area contributed by atoms with E-state index in [1.165, 1.54) is 17.4 Å². The number of carbonyl (C=O) groups is 1. The molecule has 0 aliphatic heterocycles. The van der Waals surface area contributed by atoms with Gasteiger partial charge in [0, 0.05) is 35.8 Å². The highest BCUT2D eigenvalue weighted by atomic mass is 32.1. The number of rotatable bonds is 6. The van der Waals surface area contributed by atoms with Crippen molar-refractivity contribution in [2.75, 3.05) is 0 Å². The van der Waals surface area contributed by atoms with E-state index in [4.69, 9.17) is 0 Å². The summed E-state index contributed by atoms with van der Waals surface area (Å²) in [5.74, 6) is -0.589. The van der Waals surface area contributed by atoms with Crippen LogP contribution in [-0.4, -0.2) is 30.3 Å². The van der Waals surface area contributed by atoms with Crippen LogP contribution in [0.4, 0.5) is 13.2 Å². The first-order valence-electron chi connectivity index (χ1n) is 9.65. The fraction of sp³-hybridized carbons (Fsp3) is 0.300. The zero-order valence-corrected chi connectivity index (χ0v) is 17.6. The zero-order chi connectivity index (χ0) is 22.2. The predicted molar refractivity (Wildman–Crippen MR) is 110 cm³/mol. The number of alkyl halides is 3. The lowest BCUT2D eigenvalue weighted by atomic mass is 10.2. The number of carbonyl (C=O) groups excluding carboxylic acids is 1. The van der Waals surface area contributed by atoms with Gasteiger partial charge in [-0.25, -0.2) is 9.50 Å². The first-order chi connectivity index (χ1) is 14.8. The van der Waals surface area contributed by atoms with Crippen LogP contribution >= 0.6 is 11.3 Å². The summed E-state index contributed by atoms with van der Waals surface area (Å²) in [4.78, 5) is 18.5. The third-order valence-electron chi connectivity index (χ3n) is 4.68. The number of fused-ring (bicyclic) bond motifs is 1. The molecule has 0 saturated heterocycles. The third-order valence-corrected chi connectivity index (χ3v) is 5.93. The highest BCUT2D eigenvalue weighted by molar-refractivity contribution is 7.15. The summed E-state index contributed by atoms with van der Waals surface area (Å²) >= 11 is 1.39. The maximum atomic E-state index is 13.7. The normalized spacial score (nSPS) is 11.9. The molecule has 0 aliphatic carbocycles. The second kappa shape index (κ2) is 8.14. The Bertz CT molecular complexity index is 1240. The average Bonchev–Trinajstić information content (AvgIpc) is 3.49. The van der Waals surface area contributed by atoms with E-state index in [0.29, 0.717) is 15.9 Å². The van der Waals surface area contributed by atoms with E-state index in [-0.39, 0.29) is 23.6 Å². The highest BCUT2D eigenvalue weighted by Gasteiger charge is 2.35. The Labute approximate surface area is 179 Å². The molecule has 0 radical (unpaired) electrons. The van der Waals surface area contributed by atoms with Crippen LogP contribution in [0.25, 0.3) is 16.2 Å². The molecular formula is C20H19F3N6OS. The van der Waals surface area contributed by atoms with E-state index in [1.807, 2.05) is 19.9 Å². The number of hydrogen-bond acceptors (Lipinski definition) is 5. The highest BCUT2D eigenvalue weighted by Crippen LogP contribution is 2.34. The Balaban J connectivity index is 1.67. The van der Waals surface area contributed by atoms with Gasteiger partial charge in [0.05, 0.1) is 16.8 Å². The minimum absolute atomic E-state index is 0.0415. The summed E-state index contributed by atoms with van der Waals surface area (Å²) in [6.07, 6.45) is -0.470. The molecule has 0 spiro atoms. The van der Waals surface area contributed by atoms with Crippen molar-refractivity contribution < 1.29 is 18.0 Å². The number of nitrogens with zero attached hydrogens (tertiary/aromatic N) is 5. The second-order valence-corrected chi connectivity index (χ2v) is 8.00. The Morgan fingerprint density at radius 1 is 1.23 bits per heavy atom. The fourth-order valence-electron chi connectivity index (χ4n) is 3.06. The predicted octanol–water partition coefficient (Wildman–Crippen LogP) is 4.19. The first-order valence-corrected chi connectivity index (χ1v) is 10.5. The number of hydrogen-bond donors (Lipinski definition) is 1. The van der Waals surface area contributed by atoms with Gasteiger partial charge in [0.2, 0.25) is 0 Å². The lowest BCUT2D eigenvalue weighted by molar-refractivity contribution is -0.142. The molecule has 162 valence electrons. The van der Waals surface area contributed by atoms with Crippen LogP contribution in [-0.2, 0) is 25.7 Å². The molecular weight excluding hydrogens is 429 g/mol. The summed E-state index contributed by atoms with van der Waals surface area (Å²) in [6.45, 7) is 4.79. The molecule has 4 rings (SSSR count). The van der Waals surface area contributed by atoms with Gasteiger partial charge in [-0.2, -0.15) is 23.4 Å². The first kappa shape index (κ1) is 21.0. The van der Waals surface area contributed by atoms with Crippen LogP contribution in [0.5, 0.6) is 0 Å². The molecule has 0 aromatic carbocycles. The van der Waals surface area contributed by atoms with Gasteiger partial charge in [0.1, 0.15) is 0 Å². The summed E-state index contributed by atoms with van der Waals surface area (Å²) in [5.41, 5.74) is -0.191. The van der Waals surface area contributed by atoms with Gasteiger partial charge in [-0.05, 0) is 31.5 Å². The molecule has 1 N–H and O–H groups in total. The van der Waals surface area contributed by atoms with Gasteiger partial charge >= 0.3 is 6.18 Å². The maximum absolute atomic E-state index is 13.7. The standard InChI is InChI=1S/C20H19F3N6OS/c1-3-13-5-6-16(31-13)14-7-17(20(21,22)23)29-18(26-14)8-15(27-29)19(30)24-9-12-10-25-28(4-2)11-12/h5-8,10-11H,3-4,9H2,1-2H3,(H,24,30). The quantitative estimate of drug-likeness (QED) is 0.480. The van der Waals surface area contributed by atoms with Crippen LogP contribution in [0.3, 0.4) is 0 Å². The summed E-state index contributed by atoms with van der Waals surface area (Å²) in [6, 6.07) is 5.85. The smallest absolute Gasteiger partial charge is 0.346 e. The number of aromatic nitrogens is 5. The molecule has 0 atom stereocenters. The lowest BCUT2D eigenvalue weighted by Gasteiger charge is -2.10. The third kappa shape index (κ3) is 4.31. The lowest BCUT2D eigenvalue weighted by Crippen LogP contribution is -2.23. The van der Waals surface area contributed by atoms with Crippen LogP contribution in [0, 0.1) is 0 Å². The van der Waals surface area contributed by atoms with E-state index in [2.05, 4.69) is 20.5 Å². The van der Waals surface area contributed by atoms with Gasteiger partial charge in [-0.3, -0.25) is 9.48 Å². The van der Waals surface area contributed by atoms with Crippen molar-refractivity contribution in [1.29, 1.82) is 0 Å². The van der Waals surface area contributed by atoms with Gasteiger partial charge in [-0.15, -0.1) is 11.3 Å². The van der Waals surface area contributed by atoms with E-state index in [9.17, 15) is 18.0 Å². The van der Waals surface area contributed by atoms with Crippen LogP contribution in [0.2, 0.25) is 0 Å². The van der Waals surface area contributed by atoms with Crippen molar-refractivity contribution >= 4 is 22.9 Å². The van der Waals surface area contributed by atoms with E-state index >= 15 is 0 Å². The van der Waals surface area contributed by atoms with Crippen LogP contribution in [0.1, 0.15) is 40.5 Å². The molecule has 4 aromatic heterocycles. The van der Waals surface area contributed by atoms with Crippen LogP contribution in [0.15, 0.2) is 36.7 Å². The summed E-state index contributed by atoms with van der Waals surface area (Å²) in [7, 11) is 0. The number of aryl methyl sites for hydroxylation is 2. The number of nitrogens with one attached hydrogen (secondary N) is 1. The Morgan fingerprint density at radius 3 is 2.68 bits per heavy atom. The van der Waals surface area contributed by atoms with E-state index < -0.39 is 17.8 Å². The molecule has 0 fully saturated rings. The minimum atomic E-state index is -4.66. The number of amides is 1. The second-order valence-electron chi connectivity index (χ2n) is 6.83. The molecule has 31 heavy (non-hydrogen) atoms. The van der Waals surface area contributed by atoms with Crippen LogP contribution < -0.4 is 5.32 Å². The maximum Gasteiger partial charge on any atom is 0.433 e. The van der Waals surface area contributed by atoms with Crippen molar-refractivity contribution in [3.63, 3.8) is 0 Å². The van der Waals surface area contributed by atoms with Crippen molar-refractivity contribution in [2.24, 2.45) is 0 Å².